The van der Waals surface area contributed by atoms with Gasteiger partial charge in [-0.25, -0.2) is 0 Å². The Morgan fingerprint density at radius 1 is 1.37 bits per heavy atom. The molecule has 1 aromatic carbocycles. The standard InChI is InChI=1S/C14H20N4O/c1-14(19)3-2-5-18(6-4-14)13-8-12-10(7-11(13)15)9-16-17-12/h7-9,19H,2-6,15H2,1H3,(H,16,17). The maximum Gasteiger partial charge on any atom is 0.0672 e. The minimum atomic E-state index is -0.554. The summed E-state index contributed by atoms with van der Waals surface area (Å²) in [4.78, 5) is 2.26. The lowest BCUT2D eigenvalue weighted by Crippen LogP contribution is -2.28. The van der Waals surface area contributed by atoms with Gasteiger partial charge in [-0.3, -0.25) is 5.10 Å². The summed E-state index contributed by atoms with van der Waals surface area (Å²) in [5.41, 5.74) is 8.41. The molecule has 102 valence electrons. The van der Waals surface area contributed by atoms with E-state index in [0.29, 0.717) is 0 Å². The summed E-state index contributed by atoms with van der Waals surface area (Å²) in [5, 5.41) is 18.2. The highest BCUT2D eigenvalue weighted by atomic mass is 16.3. The van der Waals surface area contributed by atoms with Crippen molar-refractivity contribution in [3.8, 4) is 0 Å². The Hall–Kier alpha value is -1.75. The van der Waals surface area contributed by atoms with Gasteiger partial charge in [-0.05, 0) is 38.3 Å². The predicted octanol–water partition coefficient (Wildman–Crippen LogP) is 1.89. The fraction of sp³-hybridized carbons (Fsp3) is 0.500. The van der Waals surface area contributed by atoms with E-state index >= 15 is 0 Å². The second-order valence-electron chi connectivity index (χ2n) is 5.71. The molecule has 2 aromatic rings. The number of nitrogens with one attached hydrogen (secondary N) is 1. The van der Waals surface area contributed by atoms with Crippen molar-refractivity contribution in [2.45, 2.75) is 31.8 Å². The number of aliphatic hydroxyl groups is 1. The van der Waals surface area contributed by atoms with Crippen LogP contribution < -0.4 is 10.6 Å². The fourth-order valence-electron chi connectivity index (χ4n) is 2.78. The highest BCUT2D eigenvalue weighted by molar-refractivity contribution is 5.88. The van der Waals surface area contributed by atoms with Gasteiger partial charge in [0.15, 0.2) is 0 Å². The van der Waals surface area contributed by atoms with Crippen molar-refractivity contribution in [2.75, 3.05) is 23.7 Å². The summed E-state index contributed by atoms with van der Waals surface area (Å²) in [5.74, 6) is 0. The summed E-state index contributed by atoms with van der Waals surface area (Å²) < 4.78 is 0. The average Bonchev–Trinajstić information content (AvgIpc) is 2.71. The van der Waals surface area contributed by atoms with E-state index in [2.05, 4.69) is 21.2 Å². The van der Waals surface area contributed by atoms with Gasteiger partial charge < -0.3 is 15.7 Å². The van der Waals surface area contributed by atoms with Crippen molar-refractivity contribution in [1.82, 2.24) is 10.2 Å². The first-order chi connectivity index (χ1) is 9.05. The number of hydrogen-bond donors (Lipinski definition) is 3. The third-order valence-electron chi connectivity index (χ3n) is 3.99. The highest BCUT2D eigenvalue weighted by Crippen LogP contribution is 2.31. The van der Waals surface area contributed by atoms with Crippen LogP contribution in [0.4, 0.5) is 11.4 Å². The zero-order valence-electron chi connectivity index (χ0n) is 11.2. The number of nitrogens with zero attached hydrogens (tertiary/aromatic N) is 2. The van der Waals surface area contributed by atoms with Gasteiger partial charge in [0.05, 0.1) is 28.7 Å². The van der Waals surface area contributed by atoms with Crippen molar-refractivity contribution in [3.05, 3.63) is 18.3 Å². The number of anilines is 2. The molecule has 1 saturated heterocycles. The number of benzene rings is 1. The number of aromatic nitrogens is 2. The van der Waals surface area contributed by atoms with Gasteiger partial charge in [0.2, 0.25) is 0 Å². The summed E-state index contributed by atoms with van der Waals surface area (Å²) in [7, 11) is 0. The molecule has 1 atom stereocenters. The van der Waals surface area contributed by atoms with Crippen LogP contribution in [0.15, 0.2) is 18.3 Å². The molecule has 1 aliphatic rings. The Labute approximate surface area is 112 Å². The van der Waals surface area contributed by atoms with Crippen LogP contribution in [0.2, 0.25) is 0 Å². The maximum absolute atomic E-state index is 10.2. The maximum atomic E-state index is 10.2. The molecule has 0 saturated carbocycles. The van der Waals surface area contributed by atoms with E-state index in [-0.39, 0.29) is 0 Å². The van der Waals surface area contributed by atoms with Gasteiger partial charge in [-0.15, -0.1) is 0 Å². The number of nitrogen functional groups attached to an aromatic ring is 1. The smallest absolute Gasteiger partial charge is 0.0672 e. The molecule has 19 heavy (non-hydrogen) atoms. The second-order valence-corrected chi connectivity index (χ2v) is 5.71. The molecule has 5 heteroatoms. The molecular formula is C14H20N4O. The second kappa shape index (κ2) is 4.42. The Bertz CT molecular complexity index is 590. The lowest BCUT2D eigenvalue weighted by atomic mass is 9.98. The highest BCUT2D eigenvalue weighted by Gasteiger charge is 2.25. The van der Waals surface area contributed by atoms with Gasteiger partial charge in [0.25, 0.3) is 0 Å². The molecule has 0 spiro atoms. The number of rotatable bonds is 1. The summed E-state index contributed by atoms with van der Waals surface area (Å²) in [6.45, 7) is 3.68. The quantitative estimate of drug-likeness (QED) is 0.684. The van der Waals surface area contributed by atoms with Gasteiger partial charge >= 0.3 is 0 Å². The van der Waals surface area contributed by atoms with Crippen LogP contribution in [0.25, 0.3) is 10.9 Å². The zero-order valence-corrected chi connectivity index (χ0v) is 11.2. The first-order valence-corrected chi connectivity index (χ1v) is 6.75. The van der Waals surface area contributed by atoms with Crippen molar-refractivity contribution in [1.29, 1.82) is 0 Å². The number of fused-ring (bicyclic) bond motifs is 1. The Kier molecular flexibility index (Phi) is 2.86. The first-order valence-electron chi connectivity index (χ1n) is 6.75. The molecule has 1 unspecified atom stereocenters. The Morgan fingerprint density at radius 3 is 3.05 bits per heavy atom. The van der Waals surface area contributed by atoms with Crippen molar-refractivity contribution in [2.24, 2.45) is 0 Å². The van der Waals surface area contributed by atoms with Crippen LogP contribution in [-0.2, 0) is 0 Å². The van der Waals surface area contributed by atoms with Crippen LogP contribution in [0, 0.1) is 0 Å². The topological polar surface area (TPSA) is 78.2 Å². The lowest BCUT2D eigenvalue weighted by Gasteiger charge is -2.25. The van der Waals surface area contributed by atoms with Gasteiger partial charge in [0.1, 0.15) is 0 Å². The number of aromatic amines is 1. The van der Waals surface area contributed by atoms with Crippen molar-refractivity contribution in [3.63, 3.8) is 0 Å². The molecule has 1 aromatic heterocycles. The summed E-state index contributed by atoms with van der Waals surface area (Å²) in [6, 6.07) is 4.01. The third kappa shape index (κ3) is 2.38. The number of H-pyrrole nitrogens is 1. The molecule has 2 heterocycles. The molecule has 0 bridgehead atoms. The fourth-order valence-corrected chi connectivity index (χ4v) is 2.78. The van der Waals surface area contributed by atoms with Crippen molar-refractivity contribution < 1.29 is 5.11 Å². The van der Waals surface area contributed by atoms with E-state index in [9.17, 15) is 5.11 Å². The van der Waals surface area contributed by atoms with Crippen LogP contribution in [-0.4, -0.2) is 34.0 Å². The normalized spacial score (nSPS) is 24.6. The molecule has 0 radical (unpaired) electrons. The van der Waals surface area contributed by atoms with Crippen LogP contribution in [0.5, 0.6) is 0 Å². The largest absolute Gasteiger partial charge is 0.397 e. The first kappa shape index (κ1) is 12.3. The molecule has 5 nitrogen and oxygen atoms in total. The average molecular weight is 260 g/mol. The minimum Gasteiger partial charge on any atom is -0.397 e. The number of nitrogens with two attached hydrogens (primary N) is 1. The minimum absolute atomic E-state index is 0.554. The molecule has 1 aliphatic heterocycles. The van der Waals surface area contributed by atoms with E-state index in [0.717, 1.165) is 54.6 Å². The Morgan fingerprint density at radius 2 is 2.21 bits per heavy atom. The van der Waals surface area contributed by atoms with E-state index in [1.54, 1.807) is 6.20 Å². The predicted molar refractivity (Wildman–Crippen MR) is 77.2 cm³/mol. The van der Waals surface area contributed by atoms with E-state index in [1.165, 1.54) is 0 Å². The van der Waals surface area contributed by atoms with Gasteiger partial charge in [0, 0.05) is 18.5 Å². The summed E-state index contributed by atoms with van der Waals surface area (Å²) >= 11 is 0. The van der Waals surface area contributed by atoms with Crippen LogP contribution in [0.1, 0.15) is 26.2 Å². The SMILES string of the molecule is CC1(O)CCCN(c2cc3[nH]ncc3cc2N)CC1. The van der Waals surface area contributed by atoms with E-state index in [1.807, 2.05) is 13.0 Å². The summed E-state index contributed by atoms with van der Waals surface area (Å²) in [6.07, 6.45) is 4.37. The zero-order chi connectivity index (χ0) is 13.5. The van der Waals surface area contributed by atoms with E-state index in [4.69, 9.17) is 5.73 Å². The van der Waals surface area contributed by atoms with E-state index < -0.39 is 5.60 Å². The Balaban J connectivity index is 1.92. The third-order valence-corrected chi connectivity index (χ3v) is 3.99. The lowest BCUT2D eigenvalue weighted by molar-refractivity contribution is 0.0481. The van der Waals surface area contributed by atoms with Crippen LogP contribution >= 0.6 is 0 Å². The molecule has 0 amide bonds. The van der Waals surface area contributed by atoms with Gasteiger partial charge in [-0.1, -0.05) is 0 Å². The molecule has 3 rings (SSSR count). The molecule has 0 aliphatic carbocycles. The number of hydrogen-bond acceptors (Lipinski definition) is 4. The van der Waals surface area contributed by atoms with Gasteiger partial charge in [-0.2, -0.15) is 5.10 Å². The molecular weight excluding hydrogens is 240 g/mol. The monoisotopic (exact) mass is 260 g/mol. The van der Waals surface area contributed by atoms with Crippen molar-refractivity contribution >= 4 is 22.3 Å². The molecule has 4 N–H and O–H groups in total. The molecule has 1 fully saturated rings. The van der Waals surface area contributed by atoms with Crippen LogP contribution in [0.3, 0.4) is 0 Å².